The highest BCUT2D eigenvalue weighted by Gasteiger charge is 2.33. The zero-order chi connectivity index (χ0) is 22.2. The van der Waals surface area contributed by atoms with E-state index in [1.165, 1.54) is 0 Å². The number of carbonyl (C=O) groups is 1. The van der Waals surface area contributed by atoms with Crippen molar-refractivity contribution in [3.8, 4) is 5.75 Å². The molecule has 0 saturated carbocycles. The quantitative estimate of drug-likeness (QED) is 0.557. The van der Waals surface area contributed by atoms with E-state index in [2.05, 4.69) is 16.0 Å². The molecule has 0 spiro atoms. The summed E-state index contributed by atoms with van der Waals surface area (Å²) in [5.41, 5.74) is 1.68. The van der Waals surface area contributed by atoms with Crippen LogP contribution in [0.15, 0.2) is 36.5 Å². The van der Waals surface area contributed by atoms with E-state index in [1.807, 2.05) is 40.6 Å². The molecule has 1 fully saturated rings. The molecule has 32 heavy (non-hydrogen) atoms. The topological polar surface area (TPSA) is 66.7 Å². The van der Waals surface area contributed by atoms with Gasteiger partial charge in [0.25, 0.3) is 0 Å². The number of urea groups is 1. The summed E-state index contributed by atoms with van der Waals surface area (Å²) in [5.74, 6) is 1.64. The fraction of sp³-hybridized carbons (Fsp3) is 0.435. The first-order valence-corrected chi connectivity index (χ1v) is 11.4. The number of benzene rings is 1. The number of pyridine rings is 1. The molecular weight excluding hydrogens is 428 g/mol. The van der Waals surface area contributed by atoms with Crippen LogP contribution in [0.25, 0.3) is 11.0 Å². The highest BCUT2D eigenvalue weighted by molar-refractivity contribution is 6.30. The third-order valence-electron chi connectivity index (χ3n) is 6.17. The second-order valence-electron chi connectivity index (χ2n) is 8.43. The van der Waals surface area contributed by atoms with Crippen LogP contribution in [-0.4, -0.2) is 64.5 Å². The molecule has 2 aliphatic heterocycles. The number of rotatable bonds is 1. The van der Waals surface area contributed by atoms with Gasteiger partial charge in [0, 0.05) is 50.5 Å². The summed E-state index contributed by atoms with van der Waals surface area (Å²) in [7, 11) is 1.93. The minimum atomic E-state index is -0.0366. The molecule has 2 aromatic heterocycles. The van der Waals surface area contributed by atoms with Gasteiger partial charge in [0.15, 0.2) is 11.5 Å². The van der Waals surface area contributed by atoms with Gasteiger partial charge in [-0.1, -0.05) is 11.6 Å². The molecule has 1 unspecified atom stereocenters. The lowest BCUT2D eigenvalue weighted by molar-refractivity contribution is 0.190. The number of aryl methyl sites for hydroxylation is 1. The number of hydrogen-bond donors (Lipinski definition) is 0. The van der Waals surface area contributed by atoms with E-state index >= 15 is 0 Å². The predicted molar refractivity (Wildman–Crippen MR) is 126 cm³/mol. The lowest BCUT2D eigenvalue weighted by atomic mass is 10.1. The summed E-state index contributed by atoms with van der Waals surface area (Å²) in [5, 5.41) is 6.40. The largest absolute Gasteiger partial charge is 0.489 e. The Balaban J connectivity index is 1.31. The van der Waals surface area contributed by atoms with Gasteiger partial charge in [-0.3, -0.25) is 4.90 Å². The molecule has 0 N–H and O–H groups in total. The van der Waals surface area contributed by atoms with Crippen molar-refractivity contribution in [2.45, 2.75) is 25.8 Å². The average molecular weight is 455 g/mol. The Hall–Kier alpha value is -3.00. The Morgan fingerprint density at radius 1 is 1.16 bits per heavy atom. The molecule has 1 saturated heterocycles. The maximum atomic E-state index is 13.5. The minimum absolute atomic E-state index is 0.0327. The average Bonchev–Trinajstić information content (AvgIpc) is 3.10. The third-order valence-corrected chi connectivity index (χ3v) is 6.40. The van der Waals surface area contributed by atoms with Crippen LogP contribution in [-0.2, 0) is 7.05 Å². The molecule has 4 heterocycles. The lowest BCUT2D eigenvalue weighted by Crippen LogP contribution is -2.52. The van der Waals surface area contributed by atoms with Crippen LogP contribution in [0, 0.1) is 0 Å². The van der Waals surface area contributed by atoms with Gasteiger partial charge in [0.1, 0.15) is 12.4 Å². The normalized spacial score (nSPS) is 19.3. The second kappa shape index (κ2) is 8.50. The van der Waals surface area contributed by atoms with Crippen molar-refractivity contribution in [1.29, 1.82) is 0 Å². The first kappa shape index (κ1) is 20.9. The van der Waals surface area contributed by atoms with E-state index in [1.54, 1.807) is 18.3 Å². The first-order chi connectivity index (χ1) is 15.5. The number of ether oxygens (including phenoxy) is 1. The lowest BCUT2D eigenvalue weighted by Gasteiger charge is -2.39. The van der Waals surface area contributed by atoms with Gasteiger partial charge in [0.2, 0.25) is 0 Å². The molecule has 1 atom stereocenters. The Morgan fingerprint density at radius 2 is 1.94 bits per heavy atom. The summed E-state index contributed by atoms with van der Waals surface area (Å²) in [4.78, 5) is 24.1. The van der Waals surface area contributed by atoms with Crippen molar-refractivity contribution < 1.29 is 9.53 Å². The Morgan fingerprint density at radius 3 is 2.72 bits per heavy atom. The van der Waals surface area contributed by atoms with Crippen molar-refractivity contribution in [3.63, 3.8) is 0 Å². The molecule has 168 valence electrons. The zero-order valence-electron chi connectivity index (χ0n) is 18.4. The number of carbonyl (C=O) groups excluding carboxylic acids is 1. The Bertz CT molecular complexity index is 1140. The van der Waals surface area contributed by atoms with E-state index < -0.39 is 0 Å². The predicted octanol–water partition coefficient (Wildman–Crippen LogP) is 3.93. The first-order valence-electron chi connectivity index (χ1n) is 11.1. The highest BCUT2D eigenvalue weighted by atomic mass is 35.5. The van der Waals surface area contributed by atoms with E-state index in [4.69, 9.17) is 21.4 Å². The van der Waals surface area contributed by atoms with Crippen LogP contribution in [0.2, 0.25) is 5.02 Å². The Kier molecular flexibility index (Phi) is 5.55. The maximum Gasteiger partial charge on any atom is 0.324 e. The maximum absolute atomic E-state index is 13.5. The van der Waals surface area contributed by atoms with Crippen molar-refractivity contribution >= 4 is 40.2 Å². The van der Waals surface area contributed by atoms with E-state index in [9.17, 15) is 4.79 Å². The smallest absolute Gasteiger partial charge is 0.324 e. The molecule has 2 amide bonds. The number of fused-ring (bicyclic) bond motifs is 2. The molecule has 9 heteroatoms. The standard InChI is InChI=1S/C23H27ClN6O2/c1-16-15-32-20-14-17(24)7-8-19(20)30(16)23(31)29-12-4-10-28(11-5-13-29)22-18-6-3-9-25-21(18)27(2)26-22/h3,6-9,14,16H,4-5,10-13,15H2,1-2H3. The minimum Gasteiger partial charge on any atom is -0.489 e. The monoisotopic (exact) mass is 454 g/mol. The number of anilines is 2. The molecular formula is C23H27ClN6O2. The van der Waals surface area contributed by atoms with Crippen molar-refractivity contribution in [2.75, 3.05) is 42.6 Å². The molecule has 0 aliphatic carbocycles. The van der Waals surface area contributed by atoms with Crippen molar-refractivity contribution in [2.24, 2.45) is 7.05 Å². The van der Waals surface area contributed by atoms with Gasteiger partial charge in [-0.2, -0.15) is 5.10 Å². The SMILES string of the molecule is CC1COc2cc(Cl)ccc2N1C(=O)N1CCCN(c2nn(C)c3ncccc23)CCC1. The van der Waals surface area contributed by atoms with Gasteiger partial charge in [0.05, 0.1) is 17.1 Å². The van der Waals surface area contributed by atoms with Gasteiger partial charge < -0.3 is 14.5 Å². The molecule has 1 aromatic carbocycles. The van der Waals surface area contributed by atoms with Crippen LogP contribution in [0.3, 0.4) is 0 Å². The summed E-state index contributed by atoms with van der Waals surface area (Å²) in [6, 6.07) is 9.47. The van der Waals surface area contributed by atoms with Crippen LogP contribution in [0.5, 0.6) is 5.75 Å². The fourth-order valence-corrected chi connectivity index (χ4v) is 4.77. The van der Waals surface area contributed by atoms with Crippen molar-refractivity contribution in [3.05, 3.63) is 41.6 Å². The van der Waals surface area contributed by atoms with Crippen molar-refractivity contribution in [1.82, 2.24) is 19.7 Å². The Labute approximate surface area is 192 Å². The molecule has 8 nitrogen and oxygen atoms in total. The van der Waals surface area contributed by atoms with Crippen LogP contribution in [0.4, 0.5) is 16.3 Å². The summed E-state index contributed by atoms with van der Waals surface area (Å²) in [6.07, 6.45) is 3.54. The van der Waals surface area contributed by atoms with Gasteiger partial charge in [-0.15, -0.1) is 0 Å². The summed E-state index contributed by atoms with van der Waals surface area (Å²) < 4.78 is 7.65. The highest BCUT2D eigenvalue weighted by Crippen LogP contribution is 2.36. The third kappa shape index (κ3) is 3.72. The van der Waals surface area contributed by atoms with Crippen LogP contribution in [0.1, 0.15) is 19.8 Å². The van der Waals surface area contributed by atoms with E-state index in [-0.39, 0.29) is 12.1 Å². The van der Waals surface area contributed by atoms with Gasteiger partial charge in [-0.25, -0.2) is 14.5 Å². The summed E-state index contributed by atoms with van der Waals surface area (Å²) in [6.45, 7) is 5.56. The van der Waals surface area contributed by atoms with Crippen LogP contribution < -0.4 is 14.5 Å². The van der Waals surface area contributed by atoms with Gasteiger partial charge in [-0.05, 0) is 44.0 Å². The summed E-state index contributed by atoms with van der Waals surface area (Å²) >= 11 is 6.12. The molecule has 0 bridgehead atoms. The number of nitrogens with zero attached hydrogens (tertiary/aromatic N) is 6. The zero-order valence-corrected chi connectivity index (χ0v) is 19.1. The number of hydrogen-bond acceptors (Lipinski definition) is 5. The number of aromatic nitrogens is 3. The number of halogens is 1. The van der Waals surface area contributed by atoms with E-state index in [0.717, 1.165) is 48.5 Å². The fourth-order valence-electron chi connectivity index (χ4n) is 4.61. The van der Waals surface area contributed by atoms with E-state index in [0.29, 0.717) is 30.5 Å². The number of amides is 2. The molecule has 3 aromatic rings. The van der Waals surface area contributed by atoms with Crippen LogP contribution >= 0.6 is 11.6 Å². The second-order valence-corrected chi connectivity index (χ2v) is 8.86. The molecule has 0 radical (unpaired) electrons. The van der Waals surface area contributed by atoms with Gasteiger partial charge >= 0.3 is 6.03 Å². The molecule has 5 rings (SSSR count). The molecule has 2 aliphatic rings.